The molecule has 0 fully saturated rings. The van der Waals surface area contributed by atoms with E-state index in [4.69, 9.17) is 15.3 Å². The Morgan fingerprint density at radius 3 is 2.50 bits per heavy atom. The van der Waals surface area contributed by atoms with Gasteiger partial charge in [0.1, 0.15) is 6.26 Å². The molecular weight excluding hydrogens is 264 g/mol. The van der Waals surface area contributed by atoms with Crippen molar-refractivity contribution >= 4 is 23.5 Å². The summed E-state index contributed by atoms with van der Waals surface area (Å²) in [5, 5.41) is 11.2. The number of aromatic carboxylic acids is 1. The average Bonchev–Trinajstić information content (AvgIpc) is 2.88. The summed E-state index contributed by atoms with van der Waals surface area (Å²) in [6, 6.07) is 7.14. The van der Waals surface area contributed by atoms with E-state index in [-0.39, 0.29) is 16.9 Å². The molecule has 2 aromatic rings. The highest BCUT2D eigenvalue weighted by atomic mass is 16.4. The normalized spacial score (nSPS) is 10.0. The number of benzene rings is 1. The largest absolute Gasteiger partial charge is 0.478 e. The van der Waals surface area contributed by atoms with Crippen molar-refractivity contribution in [3.8, 4) is 0 Å². The molecule has 2 amide bonds. The van der Waals surface area contributed by atoms with Gasteiger partial charge in [0.05, 0.1) is 5.56 Å². The number of hydrogen-bond acceptors (Lipinski definition) is 4. The van der Waals surface area contributed by atoms with E-state index in [9.17, 15) is 14.4 Å². The number of anilines is 1. The third-order valence-electron chi connectivity index (χ3n) is 2.48. The molecule has 0 aliphatic rings. The van der Waals surface area contributed by atoms with E-state index < -0.39 is 17.8 Å². The van der Waals surface area contributed by atoms with E-state index in [1.165, 1.54) is 12.1 Å². The number of carboxylic acids is 1. The number of nitrogens with two attached hydrogens (primary N) is 1. The van der Waals surface area contributed by atoms with Crippen molar-refractivity contribution < 1.29 is 23.9 Å². The van der Waals surface area contributed by atoms with E-state index in [0.29, 0.717) is 5.69 Å². The van der Waals surface area contributed by atoms with Crippen LogP contribution in [0.1, 0.15) is 31.3 Å². The van der Waals surface area contributed by atoms with Crippen molar-refractivity contribution in [2.75, 3.05) is 5.32 Å². The van der Waals surface area contributed by atoms with Gasteiger partial charge in [-0.25, -0.2) is 4.79 Å². The summed E-state index contributed by atoms with van der Waals surface area (Å²) in [6.07, 6.45) is 0.969. The fraction of sp³-hybridized carbons (Fsp3) is 0. The van der Waals surface area contributed by atoms with E-state index in [0.717, 1.165) is 12.3 Å². The Kier molecular flexibility index (Phi) is 3.52. The lowest BCUT2D eigenvalue weighted by Crippen LogP contribution is -2.14. The molecule has 102 valence electrons. The van der Waals surface area contributed by atoms with Crippen LogP contribution in [0.4, 0.5) is 5.69 Å². The van der Waals surface area contributed by atoms with Crippen molar-refractivity contribution in [3.05, 3.63) is 53.5 Å². The summed E-state index contributed by atoms with van der Waals surface area (Å²) in [6.45, 7) is 0. The van der Waals surface area contributed by atoms with Gasteiger partial charge in [0.2, 0.25) is 5.91 Å². The van der Waals surface area contributed by atoms with Crippen molar-refractivity contribution in [2.45, 2.75) is 0 Å². The van der Waals surface area contributed by atoms with Crippen LogP contribution in [0.15, 0.2) is 41.0 Å². The summed E-state index contributed by atoms with van der Waals surface area (Å²) < 4.78 is 4.85. The van der Waals surface area contributed by atoms with Crippen LogP contribution in [-0.4, -0.2) is 22.9 Å². The topological polar surface area (TPSA) is 123 Å². The molecule has 2 rings (SSSR count). The first-order valence-electron chi connectivity index (χ1n) is 5.50. The molecule has 1 aromatic heterocycles. The lowest BCUT2D eigenvalue weighted by Gasteiger charge is -2.04. The van der Waals surface area contributed by atoms with Crippen LogP contribution >= 0.6 is 0 Å². The Morgan fingerprint density at radius 2 is 1.90 bits per heavy atom. The minimum atomic E-state index is -1.19. The summed E-state index contributed by atoms with van der Waals surface area (Å²) >= 11 is 0. The zero-order chi connectivity index (χ0) is 14.7. The summed E-state index contributed by atoms with van der Waals surface area (Å²) in [5.74, 6) is -2.58. The predicted molar refractivity (Wildman–Crippen MR) is 68.6 cm³/mol. The van der Waals surface area contributed by atoms with Crippen LogP contribution in [0.25, 0.3) is 0 Å². The maximum Gasteiger partial charge on any atom is 0.338 e. The van der Waals surface area contributed by atoms with Gasteiger partial charge in [0.15, 0.2) is 5.76 Å². The van der Waals surface area contributed by atoms with Gasteiger partial charge in [0.25, 0.3) is 5.91 Å². The van der Waals surface area contributed by atoms with Gasteiger partial charge in [-0.1, -0.05) is 6.07 Å². The number of carbonyl (C=O) groups excluding carboxylic acids is 2. The molecule has 1 heterocycles. The van der Waals surface area contributed by atoms with E-state index in [2.05, 4.69) is 5.32 Å². The number of furan rings is 1. The Balaban J connectivity index is 2.16. The number of carbonyl (C=O) groups is 3. The number of carboxylic acid groups (broad SMARTS) is 1. The molecule has 7 heteroatoms. The van der Waals surface area contributed by atoms with Crippen LogP contribution in [-0.2, 0) is 0 Å². The van der Waals surface area contributed by atoms with Crippen LogP contribution in [0, 0.1) is 0 Å². The van der Waals surface area contributed by atoms with E-state index >= 15 is 0 Å². The smallest absolute Gasteiger partial charge is 0.338 e. The Bertz CT molecular complexity index is 690. The predicted octanol–water partition coefficient (Wildman–Crippen LogP) is 1.33. The average molecular weight is 274 g/mol. The molecule has 0 unspecified atom stereocenters. The lowest BCUT2D eigenvalue weighted by atomic mass is 10.2. The summed E-state index contributed by atoms with van der Waals surface area (Å²) in [5.41, 5.74) is 5.59. The third kappa shape index (κ3) is 2.83. The van der Waals surface area contributed by atoms with Crippen molar-refractivity contribution in [2.24, 2.45) is 5.73 Å². The molecule has 0 aliphatic carbocycles. The van der Waals surface area contributed by atoms with Crippen LogP contribution in [0.2, 0.25) is 0 Å². The Labute approximate surface area is 113 Å². The molecule has 20 heavy (non-hydrogen) atoms. The van der Waals surface area contributed by atoms with Crippen LogP contribution in [0.5, 0.6) is 0 Å². The van der Waals surface area contributed by atoms with Gasteiger partial charge >= 0.3 is 5.97 Å². The van der Waals surface area contributed by atoms with E-state index in [1.54, 1.807) is 12.1 Å². The summed E-state index contributed by atoms with van der Waals surface area (Å²) in [7, 11) is 0. The number of nitrogens with one attached hydrogen (secondary N) is 1. The lowest BCUT2D eigenvalue weighted by molar-refractivity contribution is 0.0695. The molecule has 0 atom stereocenters. The molecule has 4 N–H and O–H groups in total. The number of amides is 2. The zero-order valence-electron chi connectivity index (χ0n) is 10.1. The minimum absolute atomic E-state index is 0.124. The first kappa shape index (κ1) is 13.3. The van der Waals surface area contributed by atoms with E-state index in [1.807, 2.05) is 0 Å². The number of primary amides is 1. The molecule has 1 aromatic carbocycles. The second-order valence-electron chi connectivity index (χ2n) is 3.90. The van der Waals surface area contributed by atoms with Gasteiger partial charge in [-0.3, -0.25) is 9.59 Å². The monoisotopic (exact) mass is 274 g/mol. The van der Waals surface area contributed by atoms with Gasteiger partial charge in [-0.15, -0.1) is 0 Å². The molecule has 0 aliphatic heterocycles. The number of hydrogen-bond donors (Lipinski definition) is 3. The quantitative estimate of drug-likeness (QED) is 0.776. The van der Waals surface area contributed by atoms with Gasteiger partial charge in [0, 0.05) is 17.3 Å². The highest BCUT2D eigenvalue weighted by molar-refractivity contribution is 6.04. The maximum atomic E-state index is 11.8. The van der Waals surface area contributed by atoms with Crippen molar-refractivity contribution in [1.82, 2.24) is 0 Å². The van der Waals surface area contributed by atoms with Crippen LogP contribution < -0.4 is 11.1 Å². The second kappa shape index (κ2) is 5.27. The molecule has 0 saturated carbocycles. The van der Waals surface area contributed by atoms with Crippen molar-refractivity contribution in [3.63, 3.8) is 0 Å². The Morgan fingerprint density at radius 1 is 1.15 bits per heavy atom. The minimum Gasteiger partial charge on any atom is -0.478 e. The highest BCUT2D eigenvalue weighted by Gasteiger charge is 2.15. The maximum absolute atomic E-state index is 11.8. The van der Waals surface area contributed by atoms with Gasteiger partial charge in [-0.2, -0.15) is 0 Å². The Hall–Kier alpha value is -3.09. The summed E-state index contributed by atoms with van der Waals surface area (Å²) in [4.78, 5) is 33.5. The molecule has 0 spiro atoms. The fourth-order valence-electron chi connectivity index (χ4n) is 1.51. The highest BCUT2D eigenvalue weighted by Crippen LogP contribution is 2.14. The first-order valence-corrected chi connectivity index (χ1v) is 5.50. The van der Waals surface area contributed by atoms with Crippen molar-refractivity contribution in [1.29, 1.82) is 0 Å². The third-order valence-corrected chi connectivity index (χ3v) is 2.48. The molecule has 0 saturated heterocycles. The second-order valence-corrected chi connectivity index (χ2v) is 3.90. The SMILES string of the molecule is NC(=O)c1cccc(NC(=O)c2cc(C(=O)O)co2)c1. The molecule has 0 bridgehead atoms. The first-order chi connectivity index (χ1) is 9.47. The fourth-order valence-corrected chi connectivity index (χ4v) is 1.51. The van der Waals surface area contributed by atoms with Crippen LogP contribution in [0.3, 0.4) is 0 Å². The standard InChI is InChI=1S/C13H10N2O5/c14-11(16)7-2-1-3-9(4-7)15-12(17)10-5-8(6-20-10)13(18)19/h1-6H,(H2,14,16)(H,15,17)(H,18,19). The van der Waals surface area contributed by atoms with Gasteiger partial charge in [-0.05, 0) is 18.2 Å². The molecule has 7 nitrogen and oxygen atoms in total. The molecule has 0 radical (unpaired) electrons. The number of rotatable bonds is 4. The van der Waals surface area contributed by atoms with Gasteiger partial charge < -0.3 is 20.6 Å². The molecular formula is C13H10N2O5. The zero-order valence-corrected chi connectivity index (χ0v) is 10.1.